The number of nitrogens with zero attached hydrogens (tertiary/aromatic N) is 2. The average molecular weight is 186 g/mol. The van der Waals surface area contributed by atoms with E-state index in [-0.39, 0.29) is 5.95 Å². The van der Waals surface area contributed by atoms with Crippen LogP contribution >= 0.6 is 10.0 Å². The highest BCUT2D eigenvalue weighted by molar-refractivity contribution is 8.32. The van der Waals surface area contributed by atoms with Gasteiger partial charge in [-0.3, -0.25) is 0 Å². The molecule has 1 aromatic rings. The van der Waals surface area contributed by atoms with Crippen LogP contribution in [-0.4, -0.2) is 28.7 Å². The monoisotopic (exact) mass is 186 g/mol. The molecule has 0 saturated heterocycles. The molecule has 0 atom stereocenters. The van der Waals surface area contributed by atoms with Crippen LogP contribution in [0.15, 0.2) is 11.1 Å². The van der Waals surface area contributed by atoms with Crippen molar-refractivity contribution >= 4 is 21.8 Å². The molecule has 4 N–H and O–H groups in total. The van der Waals surface area contributed by atoms with Crippen molar-refractivity contribution in [1.82, 2.24) is 9.97 Å². The van der Waals surface area contributed by atoms with Gasteiger partial charge in [-0.05, 0) is 18.8 Å². The molecule has 0 saturated carbocycles. The molecule has 4 nitrogen and oxygen atoms in total. The Labute approximate surface area is 73.7 Å². The number of rotatable bonds is 1. The molecule has 0 aromatic carbocycles. The van der Waals surface area contributed by atoms with E-state index in [1.54, 1.807) is 6.07 Å². The van der Waals surface area contributed by atoms with E-state index < -0.39 is 10.0 Å². The van der Waals surface area contributed by atoms with Crippen molar-refractivity contribution in [2.24, 2.45) is 0 Å². The van der Waals surface area contributed by atoms with Crippen molar-refractivity contribution in [3.05, 3.63) is 6.07 Å². The Bertz CT molecular complexity index is 272. The summed E-state index contributed by atoms with van der Waals surface area (Å²) in [7, 11) is -0.859. The maximum atomic E-state index is 5.54. The Morgan fingerprint density at radius 3 is 2.17 bits per heavy atom. The number of aromatic nitrogens is 2. The van der Waals surface area contributed by atoms with Gasteiger partial charge in [0.15, 0.2) is 0 Å². The van der Waals surface area contributed by atoms with Crippen molar-refractivity contribution in [3.63, 3.8) is 0 Å². The molecule has 0 radical (unpaired) electrons. The van der Waals surface area contributed by atoms with Gasteiger partial charge >= 0.3 is 0 Å². The van der Waals surface area contributed by atoms with Gasteiger partial charge in [-0.2, -0.15) is 4.98 Å². The minimum Gasteiger partial charge on any atom is -0.383 e. The normalized spacial score (nSPS) is 12.9. The fourth-order valence-corrected chi connectivity index (χ4v) is 1.62. The predicted molar refractivity (Wildman–Crippen MR) is 54.5 cm³/mol. The summed E-state index contributed by atoms with van der Waals surface area (Å²) in [6.45, 7) is 0. The second-order valence-corrected chi connectivity index (χ2v) is 7.42. The Morgan fingerprint density at radius 2 is 1.75 bits per heavy atom. The fourth-order valence-electron chi connectivity index (χ4n) is 0.775. The molecule has 0 spiro atoms. The lowest BCUT2D eigenvalue weighted by Gasteiger charge is -2.24. The second-order valence-electron chi connectivity index (χ2n) is 3.33. The fraction of sp³-hybridized carbons (Fsp3) is 0.429. The zero-order chi connectivity index (χ0) is 9.35. The van der Waals surface area contributed by atoms with Crippen LogP contribution in [0.5, 0.6) is 0 Å². The first-order valence-corrected chi connectivity index (χ1v) is 6.34. The summed E-state index contributed by atoms with van der Waals surface area (Å²) >= 11 is 0. The molecule has 0 unspecified atom stereocenters. The summed E-state index contributed by atoms with van der Waals surface area (Å²) in [6.07, 6.45) is 6.40. The molecule has 0 aliphatic heterocycles. The topological polar surface area (TPSA) is 77.8 Å². The first kappa shape index (κ1) is 9.12. The molecule has 68 valence electrons. The number of nitrogens with two attached hydrogens (primary N) is 2. The number of anilines is 2. The average Bonchev–Trinajstić information content (AvgIpc) is 1.82. The summed E-state index contributed by atoms with van der Waals surface area (Å²) in [5.41, 5.74) is 11.0. The first-order valence-electron chi connectivity index (χ1n) is 3.48. The standard InChI is InChI=1S/C7H14N4S/c1-12(2,3)6-4-5(8)10-7(9)11-6/h4H,1-3H3,(H4,8,9,10,11). The van der Waals surface area contributed by atoms with E-state index in [1.807, 2.05) is 0 Å². The van der Waals surface area contributed by atoms with E-state index in [0.29, 0.717) is 5.82 Å². The minimum absolute atomic E-state index is 0.257. The maximum Gasteiger partial charge on any atom is 0.222 e. The lowest BCUT2D eigenvalue weighted by atomic mass is 10.6. The predicted octanol–water partition coefficient (Wildman–Crippen LogP) is 0.694. The Balaban J connectivity index is 3.18. The molecular weight excluding hydrogens is 172 g/mol. The molecule has 1 heterocycles. The summed E-state index contributed by atoms with van der Waals surface area (Å²) in [5.74, 6) is 0.701. The highest BCUT2D eigenvalue weighted by Gasteiger charge is 2.11. The molecule has 1 rings (SSSR count). The van der Waals surface area contributed by atoms with Gasteiger partial charge in [0, 0.05) is 6.07 Å². The van der Waals surface area contributed by atoms with Gasteiger partial charge in [0.05, 0.1) is 5.03 Å². The van der Waals surface area contributed by atoms with Gasteiger partial charge in [0.1, 0.15) is 5.82 Å². The van der Waals surface area contributed by atoms with E-state index >= 15 is 0 Å². The van der Waals surface area contributed by atoms with Crippen LogP contribution in [0.4, 0.5) is 11.8 Å². The van der Waals surface area contributed by atoms with Gasteiger partial charge in [-0.1, -0.05) is 0 Å². The van der Waals surface area contributed by atoms with E-state index in [9.17, 15) is 0 Å². The molecule has 0 fully saturated rings. The van der Waals surface area contributed by atoms with Gasteiger partial charge in [-0.15, -0.1) is 0 Å². The second kappa shape index (κ2) is 2.82. The molecule has 5 heteroatoms. The molecular formula is C7H14N4S. The number of nitrogen functional groups attached to an aromatic ring is 2. The van der Waals surface area contributed by atoms with E-state index in [0.717, 1.165) is 5.03 Å². The molecule has 12 heavy (non-hydrogen) atoms. The third-order valence-corrected chi connectivity index (χ3v) is 2.83. The minimum atomic E-state index is -0.859. The maximum absolute atomic E-state index is 5.54. The Kier molecular flexibility index (Phi) is 2.14. The molecule has 0 amide bonds. The van der Waals surface area contributed by atoms with Crippen LogP contribution in [0, 0.1) is 0 Å². The quantitative estimate of drug-likeness (QED) is 0.633. The molecule has 0 aliphatic carbocycles. The molecule has 0 aliphatic rings. The van der Waals surface area contributed by atoms with Crippen LogP contribution in [0.3, 0.4) is 0 Å². The number of hydrogen-bond donors (Lipinski definition) is 2. The van der Waals surface area contributed by atoms with Gasteiger partial charge in [0.2, 0.25) is 5.95 Å². The number of hydrogen-bond acceptors (Lipinski definition) is 4. The SMILES string of the molecule is CS(C)(C)c1cc(N)nc(N)n1. The van der Waals surface area contributed by atoms with Crippen molar-refractivity contribution in [2.45, 2.75) is 5.03 Å². The van der Waals surface area contributed by atoms with E-state index in [2.05, 4.69) is 28.7 Å². The lowest BCUT2D eigenvalue weighted by Crippen LogP contribution is -2.04. The van der Waals surface area contributed by atoms with E-state index in [4.69, 9.17) is 11.5 Å². The van der Waals surface area contributed by atoms with Crippen LogP contribution in [0.2, 0.25) is 0 Å². The Morgan fingerprint density at radius 1 is 1.17 bits per heavy atom. The summed E-state index contributed by atoms with van der Waals surface area (Å²) in [4.78, 5) is 7.93. The summed E-state index contributed by atoms with van der Waals surface area (Å²) in [5, 5.41) is 0.951. The molecule has 0 bridgehead atoms. The van der Waals surface area contributed by atoms with Crippen molar-refractivity contribution in [3.8, 4) is 0 Å². The van der Waals surface area contributed by atoms with E-state index in [1.165, 1.54) is 0 Å². The van der Waals surface area contributed by atoms with Crippen LogP contribution < -0.4 is 11.5 Å². The summed E-state index contributed by atoms with van der Waals surface area (Å²) < 4.78 is 0. The third-order valence-electron chi connectivity index (χ3n) is 1.37. The third kappa shape index (κ3) is 2.01. The summed E-state index contributed by atoms with van der Waals surface area (Å²) in [6, 6.07) is 1.78. The Hall–Kier alpha value is -0.970. The molecule has 1 aromatic heterocycles. The van der Waals surface area contributed by atoms with Crippen LogP contribution in [0.1, 0.15) is 0 Å². The van der Waals surface area contributed by atoms with Crippen LogP contribution in [0.25, 0.3) is 0 Å². The van der Waals surface area contributed by atoms with Crippen molar-refractivity contribution < 1.29 is 0 Å². The zero-order valence-electron chi connectivity index (χ0n) is 7.53. The highest BCUT2D eigenvalue weighted by Crippen LogP contribution is 2.44. The largest absolute Gasteiger partial charge is 0.383 e. The lowest BCUT2D eigenvalue weighted by molar-refractivity contribution is 1.07. The van der Waals surface area contributed by atoms with Gasteiger partial charge in [0.25, 0.3) is 0 Å². The smallest absolute Gasteiger partial charge is 0.222 e. The zero-order valence-corrected chi connectivity index (χ0v) is 8.35. The van der Waals surface area contributed by atoms with Crippen LogP contribution in [-0.2, 0) is 0 Å². The van der Waals surface area contributed by atoms with Crippen molar-refractivity contribution in [1.29, 1.82) is 0 Å². The highest BCUT2D eigenvalue weighted by atomic mass is 32.3. The van der Waals surface area contributed by atoms with Gasteiger partial charge in [-0.25, -0.2) is 15.0 Å². The first-order chi connectivity index (χ1) is 5.39. The van der Waals surface area contributed by atoms with Gasteiger partial charge < -0.3 is 11.5 Å². The van der Waals surface area contributed by atoms with Crippen molar-refractivity contribution in [2.75, 3.05) is 30.2 Å².